The second-order valence-electron chi connectivity index (χ2n) is 7.74. The van der Waals surface area contributed by atoms with E-state index in [1.807, 2.05) is 41.1 Å². The van der Waals surface area contributed by atoms with E-state index in [1.54, 1.807) is 18.6 Å². The Balaban J connectivity index is 1.30. The number of nitrogens with zero attached hydrogens (tertiary/aromatic N) is 5. The van der Waals surface area contributed by atoms with Gasteiger partial charge in [0.2, 0.25) is 0 Å². The van der Waals surface area contributed by atoms with Gasteiger partial charge >= 0.3 is 0 Å². The highest BCUT2D eigenvalue weighted by Gasteiger charge is 2.11. The van der Waals surface area contributed by atoms with Gasteiger partial charge in [-0.25, -0.2) is 9.97 Å². The maximum Gasteiger partial charge on any atom is 0.152 e. The van der Waals surface area contributed by atoms with Crippen LogP contribution < -0.4 is 15.8 Å². The maximum absolute atomic E-state index is 6.05. The fraction of sp³-hybridized carbons (Fsp3) is 0.167. The number of rotatable bonds is 6. The Hall–Kier alpha value is -4.20. The van der Waals surface area contributed by atoms with Crippen molar-refractivity contribution in [3.05, 3.63) is 83.6 Å². The van der Waals surface area contributed by atoms with Gasteiger partial charge in [0.25, 0.3) is 0 Å². The van der Waals surface area contributed by atoms with Crippen LogP contribution in [0.3, 0.4) is 0 Å². The van der Waals surface area contributed by atoms with E-state index in [4.69, 9.17) is 10.5 Å². The molecule has 0 spiro atoms. The first-order valence-corrected chi connectivity index (χ1v) is 10.3. The molecular formula is C24H23N7O. The number of nitrogen functional groups attached to an aromatic ring is 1. The molecule has 0 aliphatic carbocycles. The predicted octanol–water partition coefficient (Wildman–Crippen LogP) is 4.06. The summed E-state index contributed by atoms with van der Waals surface area (Å²) in [7, 11) is 0. The van der Waals surface area contributed by atoms with E-state index in [0.717, 1.165) is 27.5 Å². The predicted molar refractivity (Wildman–Crippen MR) is 125 cm³/mol. The van der Waals surface area contributed by atoms with Gasteiger partial charge in [0, 0.05) is 48.3 Å². The van der Waals surface area contributed by atoms with Crippen molar-refractivity contribution in [2.45, 2.75) is 27.0 Å². The molecule has 8 nitrogen and oxygen atoms in total. The minimum atomic E-state index is 0.428. The molecule has 0 atom stereocenters. The Kier molecular flexibility index (Phi) is 5.03. The number of pyridine rings is 2. The molecule has 3 N–H and O–H groups in total. The van der Waals surface area contributed by atoms with Crippen molar-refractivity contribution in [3.8, 4) is 5.75 Å². The van der Waals surface area contributed by atoms with Gasteiger partial charge in [0.1, 0.15) is 23.8 Å². The third-order valence-electron chi connectivity index (χ3n) is 5.65. The van der Waals surface area contributed by atoms with Crippen molar-refractivity contribution in [3.63, 3.8) is 0 Å². The molecule has 8 heteroatoms. The highest BCUT2D eigenvalue weighted by Crippen LogP contribution is 2.28. The first-order chi connectivity index (χ1) is 15.6. The van der Waals surface area contributed by atoms with E-state index >= 15 is 0 Å². The largest absolute Gasteiger partial charge is 0.487 e. The molecule has 1 aromatic carbocycles. The molecule has 0 amide bonds. The van der Waals surface area contributed by atoms with E-state index in [1.165, 1.54) is 11.1 Å². The highest BCUT2D eigenvalue weighted by molar-refractivity contribution is 5.94. The maximum atomic E-state index is 6.05. The van der Waals surface area contributed by atoms with Crippen LogP contribution in [-0.2, 0) is 13.2 Å². The van der Waals surface area contributed by atoms with Gasteiger partial charge in [-0.3, -0.25) is 0 Å². The highest BCUT2D eigenvalue weighted by atomic mass is 16.5. The lowest BCUT2D eigenvalue weighted by atomic mass is 9.96. The molecule has 160 valence electrons. The minimum absolute atomic E-state index is 0.428. The molecule has 5 rings (SSSR count). The average Bonchev–Trinajstić information content (AvgIpc) is 3.27. The van der Waals surface area contributed by atoms with Crippen LogP contribution in [0.5, 0.6) is 5.75 Å². The van der Waals surface area contributed by atoms with E-state index in [9.17, 15) is 0 Å². The number of hydrogen-bond donors (Lipinski definition) is 2. The van der Waals surface area contributed by atoms with Crippen molar-refractivity contribution in [1.29, 1.82) is 0 Å². The summed E-state index contributed by atoms with van der Waals surface area (Å²) in [6.45, 7) is 5.23. The molecule has 5 aromatic rings. The summed E-state index contributed by atoms with van der Waals surface area (Å²) < 4.78 is 7.90. The van der Waals surface area contributed by atoms with Gasteiger partial charge < -0.3 is 20.2 Å². The zero-order chi connectivity index (χ0) is 22.1. The zero-order valence-corrected chi connectivity index (χ0v) is 17.9. The van der Waals surface area contributed by atoms with Gasteiger partial charge in [-0.1, -0.05) is 6.07 Å². The van der Waals surface area contributed by atoms with Gasteiger partial charge in [-0.2, -0.15) is 5.10 Å². The normalized spacial score (nSPS) is 11.2. The summed E-state index contributed by atoms with van der Waals surface area (Å²) >= 11 is 0. The smallest absolute Gasteiger partial charge is 0.152 e. The first kappa shape index (κ1) is 19.7. The summed E-state index contributed by atoms with van der Waals surface area (Å²) in [5, 5.41) is 13.7. The lowest BCUT2D eigenvalue weighted by Gasteiger charge is -2.15. The third kappa shape index (κ3) is 3.78. The molecule has 0 saturated heterocycles. The van der Waals surface area contributed by atoms with Crippen molar-refractivity contribution in [2.24, 2.45) is 0 Å². The number of imidazole rings is 1. The number of ether oxygens (including phenoxy) is 1. The molecule has 4 aromatic heterocycles. The number of anilines is 2. The fourth-order valence-electron chi connectivity index (χ4n) is 3.91. The zero-order valence-electron chi connectivity index (χ0n) is 17.9. The van der Waals surface area contributed by atoms with Crippen LogP contribution in [0.15, 0.2) is 61.3 Å². The lowest BCUT2D eigenvalue weighted by Crippen LogP contribution is -2.07. The van der Waals surface area contributed by atoms with E-state index in [-0.39, 0.29) is 0 Å². The number of benzene rings is 1. The van der Waals surface area contributed by atoms with Crippen LogP contribution in [-0.4, -0.2) is 24.6 Å². The number of aromatic nitrogens is 5. The van der Waals surface area contributed by atoms with Gasteiger partial charge in [-0.15, -0.1) is 5.10 Å². The molecule has 0 bridgehead atoms. The molecular weight excluding hydrogens is 402 g/mol. The Bertz CT molecular complexity index is 1430. The number of nitrogens with one attached hydrogen (secondary N) is 1. The summed E-state index contributed by atoms with van der Waals surface area (Å²) in [4.78, 5) is 8.45. The third-order valence-corrected chi connectivity index (χ3v) is 5.65. The van der Waals surface area contributed by atoms with Crippen LogP contribution >= 0.6 is 0 Å². The molecule has 0 aliphatic rings. The summed E-state index contributed by atoms with van der Waals surface area (Å²) in [5.74, 6) is 1.86. The minimum Gasteiger partial charge on any atom is -0.487 e. The lowest BCUT2D eigenvalue weighted by molar-refractivity contribution is 0.304. The van der Waals surface area contributed by atoms with Crippen molar-refractivity contribution in [1.82, 2.24) is 24.6 Å². The van der Waals surface area contributed by atoms with Crippen LogP contribution in [0.1, 0.15) is 22.3 Å². The monoisotopic (exact) mass is 425 g/mol. The Labute approximate surface area is 185 Å². The van der Waals surface area contributed by atoms with Gasteiger partial charge in [0.15, 0.2) is 5.82 Å². The van der Waals surface area contributed by atoms with Gasteiger partial charge in [-0.05, 0) is 54.1 Å². The molecule has 0 unspecified atom stereocenters. The van der Waals surface area contributed by atoms with E-state index in [2.05, 4.69) is 45.4 Å². The fourth-order valence-corrected chi connectivity index (χ4v) is 3.91. The van der Waals surface area contributed by atoms with Crippen LogP contribution in [0, 0.1) is 13.8 Å². The molecule has 0 radical (unpaired) electrons. The van der Waals surface area contributed by atoms with Crippen molar-refractivity contribution >= 4 is 28.1 Å². The number of fused-ring (bicyclic) bond motifs is 2. The van der Waals surface area contributed by atoms with E-state index in [0.29, 0.717) is 30.5 Å². The molecule has 0 aliphatic heterocycles. The first-order valence-electron chi connectivity index (χ1n) is 10.3. The second kappa shape index (κ2) is 8.14. The summed E-state index contributed by atoms with van der Waals surface area (Å²) in [6.07, 6.45) is 9.05. The Morgan fingerprint density at radius 2 is 1.97 bits per heavy atom. The Morgan fingerprint density at radius 3 is 2.88 bits per heavy atom. The number of hydrogen-bond acceptors (Lipinski definition) is 7. The molecule has 0 fully saturated rings. The standard InChI is InChI=1S/C24H23N7O/c1-15-9-20-19(5-6-27-24(20)25)16(2)21(15)12-28-22-10-18(11-29-30-22)32-14-17-3-4-23-26-7-8-31(23)13-17/h3-11,13H,12,14H2,1-2H3,(H2,25,27)(H,28,30). The summed E-state index contributed by atoms with van der Waals surface area (Å²) in [6, 6.07) is 9.91. The Morgan fingerprint density at radius 1 is 1.06 bits per heavy atom. The number of aryl methyl sites for hydroxylation is 2. The van der Waals surface area contributed by atoms with Gasteiger partial charge in [0.05, 0.1) is 6.20 Å². The quantitative estimate of drug-likeness (QED) is 0.423. The van der Waals surface area contributed by atoms with E-state index < -0.39 is 0 Å². The number of nitrogens with two attached hydrogens (primary N) is 1. The summed E-state index contributed by atoms with van der Waals surface area (Å²) in [5.41, 5.74) is 11.5. The van der Waals surface area contributed by atoms with Crippen molar-refractivity contribution < 1.29 is 4.74 Å². The van der Waals surface area contributed by atoms with Crippen LogP contribution in [0.2, 0.25) is 0 Å². The molecule has 4 heterocycles. The SMILES string of the molecule is Cc1cc2c(N)nccc2c(C)c1CNc1cc(OCc2ccc3nccn3c2)cnn1. The van der Waals surface area contributed by atoms with Crippen LogP contribution in [0.4, 0.5) is 11.6 Å². The van der Waals surface area contributed by atoms with Crippen molar-refractivity contribution in [2.75, 3.05) is 11.1 Å². The molecule has 0 saturated carbocycles. The molecule has 32 heavy (non-hydrogen) atoms. The second-order valence-corrected chi connectivity index (χ2v) is 7.74. The topological polar surface area (TPSA) is 103 Å². The average molecular weight is 425 g/mol. The van der Waals surface area contributed by atoms with Crippen LogP contribution in [0.25, 0.3) is 16.4 Å².